The minimum atomic E-state index is -1.17. The lowest BCUT2D eigenvalue weighted by Crippen LogP contribution is -2.17. The first-order valence-electron chi connectivity index (χ1n) is 4.86. The van der Waals surface area contributed by atoms with E-state index in [2.05, 4.69) is 49.6 Å². The quantitative estimate of drug-likeness (QED) is 0.534. The number of rotatable bonds is 3. The van der Waals surface area contributed by atoms with Crippen molar-refractivity contribution in [3.05, 3.63) is 41.6 Å². The zero-order valence-corrected chi connectivity index (χ0v) is 10.8. The van der Waals surface area contributed by atoms with Crippen LogP contribution in [-0.4, -0.2) is 14.0 Å². The smallest absolute Gasteiger partial charge is 0.0691 e. The second kappa shape index (κ2) is 4.81. The molecule has 0 heterocycles. The molecule has 0 aliphatic carbocycles. The summed E-state index contributed by atoms with van der Waals surface area (Å²) in [7, 11) is -1.17. The maximum Gasteiger partial charge on any atom is 0.0691 e. The lowest BCUT2D eigenvalue weighted by atomic mass is 10.1. The molecule has 0 aliphatic rings. The predicted octanol–water partition coefficient (Wildman–Crippen LogP) is 4.19. The second-order valence-corrected chi connectivity index (χ2v) is 9.82. The van der Waals surface area contributed by atoms with E-state index in [9.17, 15) is 0 Å². The fraction of sp³-hybridized carbons (Fsp3) is 0.333. The molecule has 1 aromatic carbocycles. The average molecular weight is 225 g/mol. The Morgan fingerprint density at radius 2 is 1.79 bits per heavy atom. The van der Waals surface area contributed by atoms with Crippen LogP contribution in [0.4, 0.5) is 0 Å². The highest BCUT2D eigenvalue weighted by molar-refractivity contribution is 6.81. The molecule has 1 aromatic rings. The van der Waals surface area contributed by atoms with Gasteiger partial charge in [0.1, 0.15) is 0 Å². The fourth-order valence-electron chi connectivity index (χ4n) is 1.37. The van der Waals surface area contributed by atoms with Crippen LogP contribution in [0.3, 0.4) is 0 Å². The van der Waals surface area contributed by atoms with Crippen LogP contribution in [0.15, 0.2) is 36.0 Å². The van der Waals surface area contributed by atoms with Crippen molar-refractivity contribution < 1.29 is 0 Å². The van der Waals surface area contributed by atoms with E-state index in [4.69, 9.17) is 11.6 Å². The maximum atomic E-state index is 5.96. The van der Waals surface area contributed by atoms with Gasteiger partial charge in [-0.05, 0) is 11.1 Å². The van der Waals surface area contributed by atoms with Gasteiger partial charge in [-0.2, -0.15) is 0 Å². The number of halogens is 1. The van der Waals surface area contributed by atoms with Crippen molar-refractivity contribution >= 4 is 25.2 Å². The average Bonchev–Trinajstić information content (AvgIpc) is 2.14. The minimum Gasteiger partial charge on any atom is -0.122 e. The largest absolute Gasteiger partial charge is 0.122 e. The van der Waals surface area contributed by atoms with Crippen molar-refractivity contribution in [2.75, 3.05) is 5.88 Å². The Hall–Kier alpha value is -0.533. The molecule has 0 nitrogen and oxygen atoms in total. The summed E-state index contributed by atoms with van der Waals surface area (Å²) in [5, 5.41) is 0. The summed E-state index contributed by atoms with van der Waals surface area (Å²) in [4.78, 5) is 0. The van der Waals surface area contributed by atoms with Crippen molar-refractivity contribution in [2.24, 2.45) is 0 Å². The van der Waals surface area contributed by atoms with Crippen LogP contribution < -0.4 is 0 Å². The van der Waals surface area contributed by atoms with E-state index in [1.54, 1.807) is 0 Å². The van der Waals surface area contributed by atoms with Crippen LogP contribution in [0, 0.1) is 0 Å². The molecule has 0 spiro atoms. The highest BCUT2D eigenvalue weighted by Crippen LogP contribution is 2.19. The van der Waals surface area contributed by atoms with Crippen LogP contribution in [0.25, 0.3) is 5.57 Å². The number of hydrogen-bond donors (Lipinski definition) is 0. The van der Waals surface area contributed by atoms with Gasteiger partial charge in [-0.1, -0.05) is 55.7 Å². The van der Waals surface area contributed by atoms with Gasteiger partial charge in [-0.25, -0.2) is 0 Å². The molecule has 0 atom stereocenters. The topological polar surface area (TPSA) is 0 Å². The molecule has 1 rings (SSSR count). The van der Waals surface area contributed by atoms with E-state index in [0.29, 0.717) is 5.88 Å². The first kappa shape index (κ1) is 11.5. The lowest BCUT2D eigenvalue weighted by Gasteiger charge is -2.13. The number of hydrogen-bond acceptors (Lipinski definition) is 0. The second-order valence-electron chi connectivity index (χ2n) is 4.54. The van der Waals surface area contributed by atoms with Gasteiger partial charge in [-0.15, -0.1) is 11.6 Å². The molecule has 0 saturated heterocycles. The third-order valence-corrected chi connectivity index (χ3v) is 3.40. The highest BCUT2D eigenvalue weighted by Gasteiger charge is 2.11. The number of alkyl halides is 1. The first-order chi connectivity index (χ1) is 6.53. The van der Waals surface area contributed by atoms with Gasteiger partial charge in [0, 0.05) is 5.88 Å². The molecule has 0 N–H and O–H groups in total. The molecule has 0 saturated carbocycles. The van der Waals surface area contributed by atoms with E-state index in [1.807, 2.05) is 6.07 Å². The van der Waals surface area contributed by atoms with E-state index in [0.717, 1.165) is 0 Å². The molecule has 0 unspecified atom stereocenters. The van der Waals surface area contributed by atoms with Gasteiger partial charge in [0.25, 0.3) is 0 Å². The van der Waals surface area contributed by atoms with Crippen molar-refractivity contribution in [1.82, 2.24) is 0 Å². The molecule has 0 aromatic heterocycles. The van der Waals surface area contributed by atoms with Crippen LogP contribution in [0.2, 0.25) is 19.6 Å². The van der Waals surface area contributed by atoms with Crippen LogP contribution in [0.5, 0.6) is 0 Å². The summed E-state index contributed by atoms with van der Waals surface area (Å²) in [5.74, 6) is 0.605. The van der Waals surface area contributed by atoms with Crippen molar-refractivity contribution in [3.8, 4) is 0 Å². The van der Waals surface area contributed by atoms with Crippen LogP contribution in [-0.2, 0) is 0 Å². The monoisotopic (exact) mass is 224 g/mol. The van der Waals surface area contributed by atoms with Gasteiger partial charge in [0.2, 0.25) is 0 Å². The van der Waals surface area contributed by atoms with E-state index < -0.39 is 8.07 Å². The molecule has 0 bridgehead atoms. The summed E-state index contributed by atoms with van der Waals surface area (Å²) in [5.41, 5.74) is 4.89. The molecule has 76 valence electrons. The first-order valence-corrected chi connectivity index (χ1v) is 8.97. The van der Waals surface area contributed by atoms with Crippen LogP contribution in [0.1, 0.15) is 5.56 Å². The Morgan fingerprint density at radius 3 is 2.21 bits per heavy atom. The van der Waals surface area contributed by atoms with Crippen molar-refractivity contribution in [1.29, 1.82) is 0 Å². The highest BCUT2D eigenvalue weighted by atomic mass is 35.5. The van der Waals surface area contributed by atoms with Gasteiger partial charge >= 0.3 is 0 Å². The van der Waals surface area contributed by atoms with Gasteiger partial charge in [0.15, 0.2) is 0 Å². The normalized spacial score (nSPS) is 13.0. The van der Waals surface area contributed by atoms with E-state index >= 15 is 0 Å². The standard InChI is InChI=1S/C12H17ClSi/c1-14(2,3)10-12(9-13)11-7-5-4-6-8-11/h4-8,10H,9H2,1-3H3/b12-10-. The summed E-state index contributed by atoms with van der Waals surface area (Å²) >= 11 is 5.96. The molecule has 0 aliphatic heterocycles. The Labute approximate surface area is 92.6 Å². The zero-order valence-electron chi connectivity index (χ0n) is 9.05. The minimum absolute atomic E-state index is 0.605. The Balaban J connectivity index is 3.00. The Kier molecular flexibility index (Phi) is 3.96. The number of benzene rings is 1. The van der Waals surface area contributed by atoms with E-state index in [1.165, 1.54) is 11.1 Å². The lowest BCUT2D eigenvalue weighted by molar-refractivity contribution is 1.57. The zero-order chi connectivity index (χ0) is 10.6. The summed E-state index contributed by atoms with van der Waals surface area (Å²) in [6.45, 7) is 6.97. The molecule has 0 amide bonds. The maximum absolute atomic E-state index is 5.96. The summed E-state index contributed by atoms with van der Waals surface area (Å²) in [6, 6.07) is 10.4. The van der Waals surface area contributed by atoms with E-state index in [-0.39, 0.29) is 0 Å². The van der Waals surface area contributed by atoms with Crippen LogP contribution >= 0.6 is 11.6 Å². The number of allylic oxidation sites excluding steroid dienone is 1. The molecular weight excluding hydrogens is 208 g/mol. The molecular formula is C12H17ClSi. The fourth-order valence-corrected chi connectivity index (χ4v) is 3.05. The van der Waals surface area contributed by atoms with Gasteiger partial charge < -0.3 is 0 Å². The van der Waals surface area contributed by atoms with Gasteiger partial charge in [-0.3, -0.25) is 0 Å². The van der Waals surface area contributed by atoms with Crippen molar-refractivity contribution in [2.45, 2.75) is 19.6 Å². The third-order valence-electron chi connectivity index (χ3n) is 1.90. The van der Waals surface area contributed by atoms with Gasteiger partial charge in [0.05, 0.1) is 8.07 Å². The SMILES string of the molecule is C[Si](C)(C)/C=C(/CCl)c1ccccc1. The Bertz CT molecular complexity index is 309. The third kappa shape index (κ3) is 3.68. The Morgan fingerprint density at radius 1 is 1.21 bits per heavy atom. The summed E-state index contributed by atoms with van der Waals surface area (Å²) in [6.07, 6.45) is 0. The molecule has 0 fully saturated rings. The van der Waals surface area contributed by atoms with Crippen molar-refractivity contribution in [3.63, 3.8) is 0 Å². The molecule has 2 heteroatoms. The molecule has 0 radical (unpaired) electrons. The predicted molar refractivity (Wildman–Crippen MR) is 68.5 cm³/mol. The molecule has 14 heavy (non-hydrogen) atoms. The summed E-state index contributed by atoms with van der Waals surface area (Å²) < 4.78 is 0.